The fraction of sp³-hybridized carbons (Fsp3) is 0.533. The highest BCUT2D eigenvalue weighted by atomic mass is 32.1. The number of rotatable bonds is 6. The van der Waals surface area contributed by atoms with Crippen LogP contribution in [0.1, 0.15) is 33.6 Å². The van der Waals surface area contributed by atoms with Gasteiger partial charge >= 0.3 is 0 Å². The van der Waals surface area contributed by atoms with Crippen molar-refractivity contribution in [1.29, 1.82) is 0 Å². The van der Waals surface area contributed by atoms with E-state index >= 15 is 0 Å². The number of aromatic nitrogens is 2. The molecule has 0 aliphatic rings. The quantitative estimate of drug-likeness (QED) is 0.787. The second-order valence-electron chi connectivity index (χ2n) is 5.26. The lowest BCUT2D eigenvalue weighted by Crippen LogP contribution is -2.01. The van der Waals surface area contributed by atoms with Gasteiger partial charge < -0.3 is 14.3 Å². The Morgan fingerprint density at radius 2 is 2.16 bits per heavy atom. The van der Waals surface area contributed by atoms with E-state index in [1.807, 2.05) is 12.1 Å². The lowest BCUT2D eigenvalue weighted by molar-refractivity contribution is 0.320. The number of hydrogen-bond donors (Lipinski definition) is 1. The van der Waals surface area contributed by atoms with Crippen LogP contribution in [0.2, 0.25) is 0 Å². The normalized spacial score (nSPS) is 11.4. The van der Waals surface area contributed by atoms with Crippen molar-refractivity contribution in [2.45, 2.75) is 40.2 Å². The number of ether oxygens (including phenoxy) is 1. The molecule has 0 unspecified atom stereocenters. The Morgan fingerprint density at radius 3 is 2.84 bits per heavy atom. The maximum atomic E-state index is 5.77. The van der Waals surface area contributed by atoms with Gasteiger partial charge in [-0.2, -0.15) is 0 Å². The molecule has 0 saturated carbocycles. The zero-order chi connectivity index (χ0) is 13.8. The highest BCUT2D eigenvalue weighted by Gasteiger charge is 2.09. The van der Waals surface area contributed by atoms with E-state index in [0.717, 1.165) is 47.5 Å². The van der Waals surface area contributed by atoms with Crippen LogP contribution in [-0.4, -0.2) is 16.2 Å². The molecule has 0 bridgehead atoms. The maximum Gasteiger partial charge on any atom is 0.178 e. The first kappa shape index (κ1) is 14.1. The van der Waals surface area contributed by atoms with E-state index in [-0.39, 0.29) is 0 Å². The topological polar surface area (TPSA) is 29.9 Å². The SMILES string of the molecule is CCCOc1cccc2c1[nH]c(=S)n2CCC(C)C. The molecule has 0 aliphatic heterocycles. The summed E-state index contributed by atoms with van der Waals surface area (Å²) < 4.78 is 8.72. The van der Waals surface area contributed by atoms with Gasteiger partial charge in [0.25, 0.3) is 0 Å². The first-order valence-corrected chi connectivity index (χ1v) is 7.38. The van der Waals surface area contributed by atoms with Crippen molar-refractivity contribution in [2.75, 3.05) is 6.61 Å². The molecular weight excluding hydrogens is 256 g/mol. The molecule has 2 aromatic rings. The summed E-state index contributed by atoms with van der Waals surface area (Å²) >= 11 is 5.43. The molecule has 3 nitrogen and oxygen atoms in total. The number of hydrogen-bond acceptors (Lipinski definition) is 2. The summed E-state index contributed by atoms with van der Waals surface area (Å²) in [6.45, 7) is 8.25. The number of para-hydroxylation sites is 1. The summed E-state index contributed by atoms with van der Waals surface area (Å²) in [5.41, 5.74) is 2.16. The summed E-state index contributed by atoms with van der Waals surface area (Å²) in [7, 11) is 0. The molecule has 1 aromatic carbocycles. The van der Waals surface area contributed by atoms with Crippen LogP contribution in [0.25, 0.3) is 11.0 Å². The van der Waals surface area contributed by atoms with E-state index in [1.165, 1.54) is 0 Å². The fourth-order valence-electron chi connectivity index (χ4n) is 2.10. The van der Waals surface area contributed by atoms with Crippen LogP contribution in [0.4, 0.5) is 0 Å². The minimum absolute atomic E-state index is 0.673. The van der Waals surface area contributed by atoms with Crippen LogP contribution in [0.3, 0.4) is 0 Å². The highest BCUT2D eigenvalue weighted by molar-refractivity contribution is 7.71. The van der Waals surface area contributed by atoms with Gasteiger partial charge in [0.05, 0.1) is 12.1 Å². The number of nitrogens with one attached hydrogen (secondary N) is 1. The average molecular weight is 278 g/mol. The van der Waals surface area contributed by atoms with Crippen molar-refractivity contribution < 1.29 is 4.74 Å². The van der Waals surface area contributed by atoms with E-state index in [2.05, 4.69) is 36.4 Å². The van der Waals surface area contributed by atoms with E-state index in [1.54, 1.807) is 0 Å². The second kappa shape index (κ2) is 6.24. The van der Waals surface area contributed by atoms with E-state index in [9.17, 15) is 0 Å². The molecule has 0 aliphatic carbocycles. The van der Waals surface area contributed by atoms with Gasteiger partial charge in [-0.05, 0) is 43.1 Å². The molecule has 0 amide bonds. The predicted molar refractivity (Wildman–Crippen MR) is 82.4 cm³/mol. The number of benzene rings is 1. The first-order valence-electron chi connectivity index (χ1n) is 6.97. The first-order chi connectivity index (χ1) is 9.13. The fourth-order valence-corrected chi connectivity index (χ4v) is 2.39. The van der Waals surface area contributed by atoms with E-state index in [4.69, 9.17) is 17.0 Å². The Morgan fingerprint density at radius 1 is 1.37 bits per heavy atom. The Bertz CT molecular complexity index is 598. The number of fused-ring (bicyclic) bond motifs is 1. The zero-order valence-corrected chi connectivity index (χ0v) is 12.7. The third-order valence-electron chi connectivity index (χ3n) is 3.16. The van der Waals surface area contributed by atoms with Gasteiger partial charge in [0.2, 0.25) is 0 Å². The van der Waals surface area contributed by atoms with Gasteiger partial charge in [-0.25, -0.2) is 0 Å². The number of aryl methyl sites for hydroxylation is 1. The number of imidazole rings is 1. The highest BCUT2D eigenvalue weighted by Crippen LogP contribution is 2.25. The van der Waals surface area contributed by atoms with Gasteiger partial charge in [-0.1, -0.05) is 26.8 Å². The predicted octanol–water partition coefficient (Wildman–Crippen LogP) is 4.53. The maximum absolute atomic E-state index is 5.77. The lowest BCUT2D eigenvalue weighted by atomic mass is 10.1. The van der Waals surface area contributed by atoms with Gasteiger partial charge in [0.15, 0.2) is 4.77 Å². The molecule has 2 rings (SSSR count). The molecule has 0 saturated heterocycles. The van der Waals surface area contributed by atoms with Crippen molar-refractivity contribution in [1.82, 2.24) is 9.55 Å². The molecule has 1 aromatic heterocycles. The summed E-state index contributed by atoms with van der Waals surface area (Å²) in [6.07, 6.45) is 2.13. The molecule has 19 heavy (non-hydrogen) atoms. The van der Waals surface area contributed by atoms with Gasteiger partial charge in [-0.15, -0.1) is 0 Å². The van der Waals surface area contributed by atoms with Crippen molar-refractivity contribution in [3.8, 4) is 5.75 Å². The van der Waals surface area contributed by atoms with Gasteiger partial charge in [0.1, 0.15) is 11.3 Å². The minimum atomic E-state index is 0.673. The van der Waals surface area contributed by atoms with Crippen LogP contribution in [0.5, 0.6) is 5.75 Å². The van der Waals surface area contributed by atoms with Crippen LogP contribution >= 0.6 is 12.2 Å². The molecule has 0 radical (unpaired) electrons. The van der Waals surface area contributed by atoms with Crippen molar-refractivity contribution >= 4 is 23.3 Å². The Labute approximate surface area is 119 Å². The van der Waals surface area contributed by atoms with Crippen molar-refractivity contribution in [3.63, 3.8) is 0 Å². The molecule has 1 N–H and O–H groups in total. The van der Waals surface area contributed by atoms with Crippen molar-refractivity contribution in [2.24, 2.45) is 5.92 Å². The van der Waals surface area contributed by atoms with Crippen LogP contribution in [0, 0.1) is 10.7 Å². The standard InChI is InChI=1S/C15H22N2OS/c1-4-10-18-13-7-5-6-12-14(13)16-15(19)17(12)9-8-11(2)3/h5-7,11H,4,8-10H2,1-3H3,(H,16,19). The van der Waals surface area contributed by atoms with Crippen LogP contribution in [-0.2, 0) is 6.54 Å². The monoisotopic (exact) mass is 278 g/mol. The molecular formula is C15H22N2OS. The lowest BCUT2D eigenvalue weighted by Gasteiger charge is -2.08. The minimum Gasteiger partial charge on any atom is -0.491 e. The van der Waals surface area contributed by atoms with Gasteiger partial charge in [-0.3, -0.25) is 0 Å². The Balaban J connectivity index is 2.38. The second-order valence-corrected chi connectivity index (χ2v) is 5.65. The Kier molecular flexibility index (Phi) is 4.64. The molecule has 104 valence electrons. The number of aromatic amines is 1. The summed E-state index contributed by atoms with van der Waals surface area (Å²) in [5.74, 6) is 1.57. The molecule has 0 fully saturated rings. The number of nitrogens with zero attached hydrogens (tertiary/aromatic N) is 1. The van der Waals surface area contributed by atoms with Crippen molar-refractivity contribution in [3.05, 3.63) is 23.0 Å². The van der Waals surface area contributed by atoms with E-state index in [0.29, 0.717) is 5.92 Å². The Hall–Kier alpha value is -1.29. The summed E-state index contributed by atoms with van der Waals surface area (Å²) in [5, 5.41) is 0. The third kappa shape index (κ3) is 3.18. The smallest absolute Gasteiger partial charge is 0.178 e. The summed E-state index contributed by atoms with van der Waals surface area (Å²) in [4.78, 5) is 3.28. The van der Waals surface area contributed by atoms with Crippen LogP contribution < -0.4 is 4.74 Å². The van der Waals surface area contributed by atoms with Crippen LogP contribution in [0.15, 0.2) is 18.2 Å². The molecule has 4 heteroatoms. The zero-order valence-electron chi connectivity index (χ0n) is 11.9. The average Bonchev–Trinajstić information content (AvgIpc) is 2.70. The van der Waals surface area contributed by atoms with E-state index < -0.39 is 0 Å². The summed E-state index contributed by atoms with van der Waals surface area (Å²) in [6, 6.07) is 6.12. The number of H-pyrrole nitrogens is 1. The molecule has 0 atom stereocenters. The largest absolute Gasteiger partial charge is 0.491 e. The third-order valence-corrected chi connectivity index (χ3v) is 3.49. The van der Waals surface area contributed by atoms with Gasteiger partial charge in [0, 0.05) is 6.54 Å². The molecule has 0 spiro atoms. The molecule has 1 heterocycles.